The molecule has 69 heavy (non-hydrogen) atoms. The van der Waals surface area contributed by atoms with Crippen molar-refractivity contribution >= 4 is 51.3 Å². The van der Waals surface area contributed by atoms with Crippen molar-refractivity contribution in [3.05, 3.63) is 110 Å². The number of carbonyl (C=O) groups is 3. The Hall–Kier alpha value is -6.80. The number of benzene rings is 2. The van der Waals surface area contributed by atoms with Crippen molar-refractivity contribution in [2.24, 2.45) is 20.0 Å². The van der Waals surface area contributed by atoms with Crippen LogP contribution in [0.5, 0.6) is 0 Å². The number of piperidine rings is 3. The maximum absolute atomic E-state index is 15.8. The molecule has 3 amide bonds. The molecule has 20 heteroatoms. The standard InChI is InChI=1S/C49H55F3N12O5/c1-53-42-11-17-63(48(68)55-42)37-6-12-54-45-33(37)24-32(57(45)2)28-59-13-9-30(10-14-59)44-35(51)22-31(23-36(44)52)47(67)62-15-7-29(8-16-62)27-60-18-20-61(21-19-60)39-26-40-41(25-34(39)50)64(49(69)58(40)3)38-4-5-43(65)56-46(38)66/h6,11-12,17,22-26,29-30,38H,4-5,7-10,13-16,18-21,27-28H2,1-3H3,(H,53,55,68)(H,56,65,66). The van der Waals surface area contributed by atoms with E-state index in [1.165, 1.54) is 31.9 Å². The summed E-state index contributed by atoms with van der Waals surface area (Å²) in [6, 6.07) is 10.00. The van der Waals surface area contributed by atoms with Gasteiger partial charge in [-0.05, 0) is 93.4 Å². The third kappa shape index (κ3) is 8.68. The van der Waals surface area contributed by atoms with Gasteiger partial charge in [0.1, 0.15) is 35.0 Å². The number of hydrogen-bond acceptors (Lipinski definition) is 11. The number of hydrogen-bond donors (Lipinski definition) is 2. The zero-order valence-electron chi connectivity index (χ0n) is 38.9. The number of pyridine rings is 1. The summed E-state index contributed by atoms with van der Waals surface area (Å²) in [7, 11) is 5.22. The molecule has 10 rings (SSSR count). The molecule has 1 atom stereocenters. The van der Waals surface area contributed by atoms with Gasteiger partial charge in [0.05, 0.1) is 22.4 Å². The van der Waals surface area contributed by atoms with Crippen molar-refractivity contribution in [1.82, 2.24) is 48.3 Å². The summed E-state index contributed by atoms with van der Waals surface area (Å²) in [6.07, 6.45) is 6.20. The van der Waals surface area contributed by atoms with Gasteiger partial charge < -0.3 is 19.7 Å². The van der Waals surface area contributed by atoms with Crippen LogP contribution >= 0.6 is 0 Å². The molecule has 4 aliphatic heterocycles. The smallest absolute Gasteiger partial charge is 0.354 e. The fourth-order valence-electron chi connectivity index (χ4n) is 10.9. The predicted octanol–water partition coefficient (Wildman–Crippen LogP) is 4.26. The Morgan fingerprint density at radius 1 is 0.783 bits per heavy atom. The van der Waals surface area contributed by atoms with Crippen LogP contribution in [0.2, 0.25) is 0 Å². The lowest BCUT2D eigenvalue weighted by molar-refractivity contribution is -0.135. The average molecular weight is 949 g/mol. The van der Waals surface area contributed by atoms with Gasteiger partial charge in [-0.25, -0.2) is 27.7 Å². The maximum atomic E-state index is 15.8. The highest BCUT2D eigenvalue weighted by atomic mass is 19.1. The first-order valence-electron chi connectivity index (χ1n) is 23.7. The maximum Gasteiger partial charge on any atom is 0.354 e. The van der Waals surface area contributed by atoms with Gasteiger partial charge in [-0.3, -0.25) is 43.2 Å². The first kappa shape index (κ1) is 46.0. The number of piperazine rings is 1. The highest BCUT2D eigenvalue weighted by Crippen LogP contribution is 2.35. The molecule has 0 aliphatic carbocycles. The van der Waals surface area contributed by atoms with E-state index >= 15 is 13.2 Å². The van der Waals surface area contributed by atoms with E-state index in [1.807, 2.05) is 22.6 Å². The minimum atomic E-state index is -0.899. The topological polar surface area (TPSA) is 168 Å². The molecule has 362 valence electrons. The van der Waals surface area contributed by atoms with Crippen LogP contribution in [0, 0.1) is 23.4 Å². The molecule has 17 nitrogen and oxygen atoms in total. The molecular formula is C49H55F3N12O5. The summed E-state index contributed by atoms with van der Waals surface area (Å²) in [5.41, 5.74) is 2.75. The first-order valence-corrected chi connectivity index (χ1v) is 23.7. The first-order chi connectivity index (χ1) is 33.3. The Morgan fingerprint density at radius 2 is 1.51 bits per heavy atom. The summed E-state index contributed by atoms with van der Waals surface area (Å²) in [4.78, 5) is 80.9. The molecule has 1 unspecified atom stereocenters. The fourth-order valence-corrected chi connectivity index (χ4v) is 10.9. The van der Waals surface area contributed by atoms with Gasteiger partial charge in [-0.1, -0.05) is 0 Å². The molecule has 0 saturated carbocycles. The minimum absolute atomic E-state index is 0.0126. The number of nitrogens with one attached hydrogen (secondary N) is 2. The van der Waals surface area contributed by atoms with E-state index in [1.54, 1.807) is 49.6 Å². The van der Waals surface area contributed by atoms with Crippen LogP contribution in [0.3, 0.4) is 0 Å². The van der Waals surface area contributed by atoms with E-state index < -0.39 is 46.7 Å². The quantitative estimate of drug-likeness (QED) is 0.189. The van der Waals surface area contributed by atoms with E-state index in [2.05, 4.69) is 30.4 Å². The van der Waals surface area contributed by atoms with E-state index in [-0.39, 0.29) is 35.8 Å². The molecule has 6 aromatic rings. The number of carbonyl (C=O) groups excluding carboxylic acids is 3. The third-order valence-electron chi connectivity index (χ3n) is 14.8. The molecule has 4 aliphatic rings. The Balaban J connectivity index is 0.709. The van der Waals surface area contributed by atoms with Gasteiger partial charge in [-0.15, -0.1) is 0 Å². The van der Waals surface area contributed by atoms with Gasteiger partial charge in [0, 0.05) is 121 Å². The zero-order chi connectivity index (χ0) is 48.2. The van der Waals surface area contributed by atoms with Crippen molar-refractivity contribution in [1.29, 1.82) is 0 Å². The number of imidazole rings is 1. The number of anilines is 2. The number of rotatable bonds is 10. The lowest BCUT2D eigenvalue weighted by Crippen LogP contribution is -2.49. The number of aromatic nitrogens is 6. The number of halogens is 3. The second kappa shape index (κ2) is 18.6. The SMILES string of the molecule is CNc1ccn(-c2ccnc3c2cc(CN2CCC(c4c(F)cc(C(=O)N5CCC(CN6CCN(c7cc8c(cc7F)n(C7CCC(=O)NC7=O)c(=O)n8C)CC6)CC5)cc4F)CC2)n3C)c(=O)n1. The highest BCUT2D eigenvalue weighted by Gasteiger charge is 2.34. The summed E-state index contributed by atoms with van der Waals surface area (Å²) < 4.78 is 53.6. The Morgan fingerprint density at radius 3 is 2.19 bits per heavy atom. The fraction of sp³-hybridized carbons (Fsp3) is 0.449. The van der Waals surface area contributed by atoms with Crippen LogP contribution in [0.1, 0.15) is 72.1 Å². The molecule has 2 N–H and O–H groups in total. The molecule has 0 spiro atoms. The van der Waals surface area contributed by atoms with E-state index in [9.17, 15) is 24.0 Å². The van der Waals surface area contributed by atoms with Crippen molar-refractivity contribution in [2.75, 3.05) is 76.2 Å². The van der Waals surface area contributed by atoms with Crippen LogP contribution in [0.25, 0.3) is 27.8 Å². The van der Waals surface area contributed by atoms with Crippen LogP contribution in [-0.2, 0) is 30.2 Å². The molecule has 2 aromatic carbocycles. The van der Waals surface area contributed by atoms with Gasteiger partial charge in [-0.2, -0.15) is 4.98 Å². The van der Waals surface area contributed by atoms with Gasteiger partial charge in [0.25, 0.3) is 5.91 Å². The molecule has 4 saturated heterocycles. The molecule has 0 bridgehead atoms. The molecular weight excluding hydrogens is 894 g/mol. The molecule has 0 radical (unpaired) electrons. The summed E-state index contributed by atoms with van der Waals surface area (Å²) >= 11 is 0. The van der Waals surface area contributed by atoms with E-state index in [0.717, 1.165) is 36.1 Å². The van der Waals surface area contributed by atoms with Crippen LogP contribution in [-0.4, -0.2) is 127 Å². The number of fused-ring (bicyclic) bond motifs is 2. The largest absolute Gasteiger partial charge is 0.373 e. The summed E-state index contributed by atoms with van der Waals surface area (Å²) in [6.45, 7) is 6.10. The highest BCUT2D eigenvalue weighted by molar-refractivity contribution is 6.00. The Kier molecular flexibility index (Phi) is 12.4. The second-order valence-corrected chi connectivity index (χ2v) is 18.9. The third-order valence-corrected chi connectivity index (χ3v) is 14.8. The molecule has 4 fully saturated rings. The van der Waals surface area contributed by atoms with Crippen molar-refractivity contribution < 1.29 is 27.6 Å². The number of imide groups is 1. The van der Waals surface area contributed by atoms with Gasteiger partial charge in [0.2, 0.25) is 11.8 Å². The predicted molar refractivity (Wildman–Crippen MR) is 253 cm³/mol. The lowest BCUT2D eigenvalue weighted by atomic mass is 9.87. The van der Waals surface area contributed by atoms with Crippen molar-refractivity contribution in [3.8, 4) is 5.69 Å². The van der Waals surface area contributed by atoms with E-state index in [4.69, 9.17) is 0 Å². The van der Waals surface area contributed by atoms with E-state index in [0.29, 0.717) is 106 Å². The van der Waals surface area contributed by atoms with Crippen molar-refractivity contribution in [2.45, 2.75) is 57.0 Å². The van der Waals surface area contributed by atoms with Crippen LogP contribution < -0.4 is 26.9 Å². The number of amides is 3. The summed E-state index contributed by atoms with van der Waals surface area (Å²) in [5.74, 6) is -2.77. The van der Waals surface area contributed by atoms with Gasteiger partial charge in [0.15, 0.2) is 0 Å². The minimum Gasteiger partial charge on any atom is -0.373 e. The molecule has 8 heterocycles. The molecule has 4 aromatic heterocycles. The Bertz CT molecular complexity index is 3100. The number of likely N-dealkylation sites (tertiary alicyclic amines) is 2. The monoisotopic (exact) mass is 948 g/mol. The number of nitrogens with zero attached hydrogens (tertiary/aromatic N) is 10. The average Bonchev–Trinajstić information content (AvgIpc) is 3.78. The van der Waals surface area contributed by atoms with Crippen LogP contribution in [0.4, 0.5) is 24.7 Å². The lowest BCUT2D eigenvalue weighted by Gasteiger charge is -2.39. The zero-order valence-corrected chi connectivity index (χ0v) is 38.9. The second-order valence-electron chi connectivity index (χ2n) is 18.9. The Labute approximate surface area is 395 Å². The van der Waals surface area contributed by atoms with Crippen molar-refractivity contribution in [3.63, 3.8) is 0 Å². The van der Waals surface area contributed by atoms with Gasteiger partial charge >= 0.3 is 11.4 Å². The van der Waals surface area contributed by atoms with Crippen LogP contribution in [0.15, 0.2) is 64.4 Å². The summed E-state index contributed by atoms with van der Waals surface area (Å²) in [5, 5.41) is 5.97. The number of aryl methyl sites for hydroxylation is 2. The normalized spacial score (nSPS) is 19.2.